The predicted molar refractivity (Wildman–Crippen MR) is 107 cm³/mol. The molecule has 1 N–H and O–H groups in total. The number of aromatic nitrogens is 4. The number of hydrogen-bond acceptors (Lipinski definition) is 7. The molecule has 2 aliphatic heterocycles. The summed E-state index contributed by atoms with van der Waals surface area (Å²) in [7, 11) is 0. The largest absolute Gasteiger partial charge is 0.376 e. The first-order chi connectivity index (χ1) is 14.0. The molecule has 0 radical (unpaired) electrons. The van der Waals surface area contributed by atoms with E-state index in [2.05, 4.69) is 20.3 Å². The minimum absolute atomic E-state index is 0.0839. The molecule has 2 fully saturated rings. The average molecular weight is 394 g/mol. The molecule has 2 aromatic heterocycles. The van der Waals surface area contributed by atoms with Gasteiger partial charge in [-0.1, -0.05) is 0 Å². The highest BCUT2D eigenvalue weighted by atomic mass is 16.5. The molecule has 2 aromatic rings. The Morgan fingerprint density at radius 3 is 2.90 bits per heavy atom. The fraction of sp³-hybridized carbons (Fsp3) is 0.571. The van der Waals surface area contributed by atoms with Crippen LogP contribution >= 0.6 is 0 Å². The van der Waals surface area contributed by atoms with Gasteiger partial charge in [-0.2, -0.15) is 0 Å². The Balaban J connectivity index is 1.41. The van der Waals surface area contributed by atoms with E-state index in [1.54, 1.807) is 12.4 Å². The van der Waals surface area contributed by atoms with Crippen LogP contribution < -0.4 is 5.32 Å². The molecule has 1 saturated carbocycles. The number of nitrogens with zero attached hydrogens (tertiary/aromatic N) is 5. The van der Waals surface area contributed by atoms with E-state index in [1.807, 2.05) is 18.7 Å². The van der Waals surface area contributed by atoms with Crippen LogP contribution in [0.2, 0.25) is 0 Å². The second-order valence-corrected chi connectivity index (χ2v) is 8.58. The van der Waals surface area contributed by atoms with Gasteiger partial charge in [-0.3, -0.25) is 9.78 Å². The molecule has 0 bridgehead atoms. The maximum atomic E-state index is 13.0. The Morgan fingerprint density at radius 1 is 1.28 bits per heavy atom. The fourth-order valence-electron chi connectivity index (χ4n) is 4.28. The molecular weight excluding hydrogens is 368 g/mol. The summed E-state index contributed by atoms with van der Waals surface area (Å²) in [5, 5.41) is 3.41. The number of amides is 1. The van der Waals surface area contributed by atoms with Crippen molar-refractivity contribution in [2.75, 3.05) is 31.6 Å². The van der Waals surface area contributed by atoms with Crippen molar-refractivity contribution in [1.82, 2.24) is 24.8 Å². The highest BCUT2D eigenvalue weighted by Gasteiger charge is 2.47. The Labute approximate surface area is 170 Å². The number of carbonyl (C=O) groups is 1. The number of nitrogens with one attached hydrogen (secondary N) is 1. The van der Waals surface area contributed by atoms with Crippen LogP contribution in [0.1, 0.15) is 52.4 Å². The van der Waals surface area contributed by atoms with E-state index in [4.69, 9.17) is 9.72 Å². The van der Waals surface area contributed by atoms with Gasteiger partial charge in [0.2, 0.25) is 5.95 Å². The second kappa shape index (κ2) is 7.02. The van der Waals surface area contributed by atoms with E-state index < -0.39 is 0 Å². The lowest BCUT2D eigenvalue weighted by Crippen LogP contribution is -2.42. The van der Waals surface area contributed by atoms with E-state index in [0.717, 1.165) is 41.5 Å². The molecule has 1 saturated heterocycles. The molecular formula is C21H26N6O2. The lowest BCUT2D eigenvalue weighted by Gasteiger charge is -2.35. The van der Waals surface area contributed by atoms with Gasteiger partial charge in [0.15, 0.2) is 0 Å². The lowest BCUT2D eigenvalue weighted by atomic mass is 9.80. The number of likely N-dealkylation sites (tertiary alicyclic amines) is 1. The molecule has 1 atom stereocenters. The summed E-state index contributed by atoms with van der Waals surface area (Å²) in [5.74, 6) is 1.37. The van der Waals surface area contributed by atoms with Gasteiger partial charge in [0.25, 0.3) is 5.91 Å². The lowest BCUT2D eigenvalue weighted by molar-refractivity contribution is 0.0480. The SMILES string of the molecule is Cc1cnc(C(=O)N2CC[C@@]3(COCc4c(C)nc(NCC5CC5)nc43)C2)cn1. The average Bonchev–Trinajstić information content (AvgIpc) is 3.46. The number of carbonyl (C=O) groups excluding carboxylic acids is 1. The standard InChI is InChI=1S/C21H26N6O2/c1-13-7-23-17(9-22-13)19(28)27-6-5-21(11-27)12-29-10-16-14(2)25-20(26-18(16)21)24-8-15-3-4-15/h7,9,15H,3-6,8,10-12H2,1-2H3,(H,24,25,26)/t21-/m0/s1. The number of fused-ring (bicyclic) bond motifs is 2. The Bertz CT molecular complexity index is 943. The van der Waals surface area contributed by atoms with Crippen molar-refractivity contribution in [3.63, 3.8) is 0 Å². The van der Waals surface area contributed by atoms with Crippen LogP contribution in [0.4, 0.5) is 5.95 Å². The van der Waals surface area contributed by atoms with E-state index in [0.29, 0.717) is 37.9 Å². The van der Waals surface area contributed by atoms with Crippen LogP contribution in [0.25, 0.3) is 0 Å². The topological polar surface area (TPSA) is 93.1 Å². The first-order valence-corrected chi connectivity index (χ1v) is 10.3. The summed E-state index contributed by atoms with van der Waals surface area (Å²) >= 11 is 0. The highest BCUT2D eigenvalue weighted by Crippen LogP contribution is 2.40. The number of aryl methyl sites for hydroxylation is 2. The Morgan fingerprint density at radius 2 is 2.14 bits per heavy atom. The molecule has 152 valence electrons. The van der Waals surface area contributed by atoms with Crippen LogP contribution in [0.3, 0.4) is 0 Å². The normalized spacial score (nSPS) is 23.3. The highest BCUT2D eigenvalue weighted by molar-refractivity contribution is 5.92. The summed E-state index contributed by atoms with van der Waals surface area (Å²) in [4.78, 5) is 32.8. The van der Waals surface area contributed by atoms with Crippen LogP contribution in [0.5, 0.6) is 0 Å². The molecule has 1 spiro atoms. The van der Waals surface area contributed by atoms with Crippen LogP contribution in [0, 0.1) is 19.8 Å². The van der Waals surface area contributed by atoms with Gasteiger partial charge in [0, 0.05) is 37.1 Å². The van der Waals surface area contributed by atoms with Gasteiger partial charge in [-0.25, -0.2) is 15.0 Å². The van der Waals surface area contributed by atoms with E-state index in [1.165, 1.54) is 12.8 Å². The summed E-state index contributed by atoms with van der Waals surface area (Å²) in [6.45, 7) is 7.14. The van der Waals surface area contributed by atoms with Crippen molar-refractivity contribution in [1.29, 1.82) is 0 Å². The minimum Gasteiger partial charge on any atom is -0.376 e. The van der Waals surface area contributed by atoms with Gasteiger partial charge >= 0.3 is 0 Å². The maximum Gasteiger partial charge on any atom is 0.274 e. The molecule has 0 aromatic carbocycles. The summed E-state index contributed by atoms with van der Waals surface area (Å²) in [6, 6.07) is 0. The monoisotopic (exact) mass is 394 g/mol. The Hall–Kier alpha value is -2.61. The van der Waals surface area contributed by atoms with Crippen molar-refractivity contribution in [2.45, 2.75) is 45.1 Å². The molecule has 4 heterocycles. The zero-order valence-electron chi connectivity index (χ0n) is 16.9. The number of hydrogen-bond donors (Lipinski definition) is 1. The molecule has 0 unspecified atom stereocenters. The second-order valence-electron chi connectivity index (χ2n) is 8.58. The van der Waals surface area contributed by atoms with Crippen molar-refractivity contribution in [3.05, 3.63) is 40.7 Å². The van der Waals surface area contributed by atoms with E-state index in [-0.39, 0.29) is 11.3 Å². The summed E-state index contributed by atoms with van der Waals surface area (Å²) in [5.41, 5.74) is 3.96. The van der Waals surface area contributed by atoms with Gasteiger partial charge in [-0.05, 0) is 39.0 Å². The van der Waals surface area contributed by atoms with Crippen LogP contribution in [-0.4, -0.2) is 57.0 Å². The van der Waals surface area contributed by atoms with Crippen molar-refractivity contribution < 1.29 is 9.53 Å². The molecule has 29 heavy (non-hydrogen) atoms. The molecule has 8 heteroatoms. The number of ether oxygens (including phenoxy) is 1. The summed E-state index contributed by atoms with van der Waals surface area (Å²) < 4.78 is 5.95. The van der Waals surface area contributed by atoms with Gasteiger partial charge < -0.3 is 15.0 Å². The van der Waals surface area contributed by atoms with Gasteiger partial charge in [0.1, 0.15) is 5.69 Å². The molecule has 1 aliphatic carbocycles. The van der Waals surface area contributed by atoms with Crippen molar-refractivity contribution in [3.8, 4) is 0 Å². The van der Waals surface area contributed by atoms with E-state index in [9.17, 15) is 4.79 Å². The number of rotatable bonds is 4. The molecule has 3 aliphatic rings. The van der Waals surface area contributed by atoms with Crippen molar-refractivity contribution in [2.24, 2.45) is 5.92 Å². The third-order valence-electron chi connectivity index (χ3n) is 6.23. The predicted octanol–water partition coefficient (Wildman–Crippen LogP) is 2.02. The third kappa shape index (κ3) is 3.46. The Kier molecular flexibility index (Phi) is 4.46. The maximum absolute atomic E-state index is 13.0. The quantitative estimate of drug-likeness (QED) is 0.848. The molecule has 1 amide bonds. The summed E-state index contributed by atoms with van der Waals surface area (Å²) in [6.07, 6.45) is 6.58. The zero-order valence-corrected chi connectivity index (χ0v) is 16.9. The first kappa shape index (κ1) is 18.4. The smallest absolute Gasteiger partial charge is 0.274 e. The first-order valence-electron chi connectivity index (χ1n) is 10.3. The molecule has 8 nitrogen and oxygen atoms in total. The number of anilines is 1. The minimum atomic E-state index is -0.287. The van der Waals surface area contributed by atoms with E-state index >= 15 is 0 Å². The van der Waals surface area contributed by atoms with Crippen LogP contribution in [0.15, 0.2) is 12.4 Å². The van der Waals surface area contributed by atoms with Crippen LogP contribution in [-0.2, 0) is 16.8 Å². The zero-order chi connectivity index (χ0) is 20.0. The van der Waals surface area contributed by atoms with Gasteiger partial charge in [0.05, 0.1) is 36.2 Å². The van der Waals surface area contributed by atoms with Crippen molar-refractivity contribution >= 4 is 11.9 Å². The molecule has 5 rings (SSSR count). The third-order valence-corrected chi connectivity index (χ3v) is 6.23. The fourth-order valence-corrected chi connectivity index (χ4v) is 4.28. The van der Waals surface area contributed by atoms with Gasteiger partial charge in [-0.15, -0.1) is 0 Å².